The summed E-state index contributed by atoms with van der Waals surface area (Å²) in [5.41, 5.74) is 6.29. The molecule has 0 aliphatic rings. The van der Waals surface area contributed by atoms with Crippen LogP contribution in [0.4, 0.5) is 0 Å². The third kappa shape index (κ3) is 3.85. The molecule has 1 amide bonds. The van der Waals surface area contributed by atoms with Gasteiger partial charge in [-0.25, -0.2) is 10.3 Å². The Hall–Kier alpha value is -1.14. The summed E-state index contributed by atoms with van der Waals surface area (Å²) < 4.78 is 0. The SMILES string of the molecule is CC(C)(N)C(C)(C)C(=O)NOCC(=O)O. The van der Waals surface area contributed by atoms with E-state index >= 15 is 0 Å². The fourth-order valence-electron chi connectivity index (χ4n) is 0.584. The van der Waals surface area contributed by atoms with Gasteiger partial charge in [-0.2, -0.15) is 0 Å². The van der Waals surface area contributed by atoms with E-state index in [1.807, 2.05) is 0 Å². The van der Waals surface area contributed by atoms with Crippen molar-refractivity contribution in [3.8, 4) is 0 Å². The zero-order valence-corrected chi connectivity index (χ0v) is 9.46. The van der Waals surface area contributed by atoms with Crippen molar-refractivity contribution in [2.24, 2.45) is 11.1 Å². The van der Waals surface area contributed by atoms with Crippen LogP contribution in [0.15, 0.2) is 0 Å². The lowest BCUT2D eigenvalue weighted by molar-refractivity contribution is -0.154. The fraction of sp³-hybridized carbons (Fsp3) is 0.778. The van der Waals surface area contributed by atoms with Crippen LogP contribution in [0, 0.1) is 5.41 Å². The van der Waals surface area contributed by atoms with E-state index in [0.717, 1.165) is 0 Å². The van der Waals surface area contributed by atoms with Gasteiger partial charge in [0.25, 0.3) is 5.91 Å². The number of nitrogens with one attached hydrogen (secondary N) is 1. The van der Waals surface area contributed by atoms with Gasteiger partial charge in [-0.1, -0.05) is 0 Å². The third-order valence-electron chi connectivity index (χ3n) is 2.54. The average molecular weight is 218 g/mol. The Morgan fingerprint density at radius 1 is 1.33 bits per heavy atom. The van der Waals surface area contributed by atoms with E-state index in [9.17, 15) is 9.59 Å². The number of nitrogens with two attached hydrogens (primary N) is 1. The van der Waals surface area contributed by atoms with Crippen LogP contribution < -0.4 is 11.2 Å². The van der Waals surface area contributed by atoms with Crippen LogP contribution in [0.25, 0.3) is 0 Å². The van der Waals surface area contributed by atoms with E-state index in [4.69, 9.17) is 10.8 Å². The van der Waals surface area contributed by atoms with Crippen LogP contribution in [-0.2, 0) is 14.4 Å². The molecule has 0 unspecified atom stereocenters. The first kappa shape index (κ1) is 13.9. The molecular weight excluding hydrogens is 200 g/mol. The molecule has 6 nitrogen and oxygen atoms in total. The summed E-state index contributed by atoms with van der Waals surface area (Å²) in [5.74, 6) is -1.60. The number of carboxylic acid groups (broad SMARTS) is 1. The van der Waals surface area contributed by atoms with Crippen molar-refractivity contribution >= 4 is 11.9 Å². The minimum atomic E-state index is -1.15. The summed E-state index contributed by atoms with van der Waals surface area (Å²) in [7, 11) is 0. The molecule has 6 heteroatoms. The number of carbonyl (C=O) groups is 2. The number of aliphatic carboxylic acids is 1. The molecule has 0 bridgehead atoms. The number of hydroxylamine groups is 1. The van der Waals surface area contributed by atoms with Crippen molar-refractivity contribution in [3.05, 3.63) is 0 Å². The highest BCUT2D eigenvalue weighted by molar-refractivity contribution is 5.82. The van der Waals surface area contributed by atoms with Crippen LogP contribution in [-0.4, -0.2) is 29.1 Å². The van der Waals surface area contributed by atoms with Crippen LogP contribution in [0.3, 0.4) is 0 Å². The van der Waals surface area contributed by atoms with Crippen LogP contribution in [0.5, 0.6) is 0 Å². The number of amides is 1. The molecule has 88 valence electrons. The molecular formula is C9H18N2O4. The predicted octanol–water partition coefficient (Wildman–Crippen LogP) is -0.118. The molecule has 0 aromatic heterocycles. The normalized spacial score (nSPS) is 12.3. The summed E-state index contributed by atoms with van der Waals surface area (Å²) in [6, 6.07) is 0. The van der Waals surface area contributed by atoms with Crippen molar-refractivity contribution in [1.82, 2.24) is 5.48 Å². The topological polar surface area (TPSA) is 102 Å². The Kier molecular flexibility index (Phi) is 4.24. The van der Waals surface area contributed by atoms with Crippen molar-refractivity contribution in [2.75, 3.05) is 6.61 Å². The number of carbonyl (C=O) groups excluding carboxylic acids is 1. The predicted molar refractivity (Wildman–Crippen MR) is 53.8 cm³/mol. The summed E-state index contributed by atoms with van der Waals surface area (Å²) in [6.45, 7) is 6.17. The van der Waals surface area contributed by atoms with E-state index in [1.54, 1.807) is 27.7 Å². The smallest absolute Gasteiger partial charge is 0.332 e. The maximum absolute atomic E-state index is 11.6. The van der Waals surface area contributed by atoms with Gasteiger partial charge in [-0.15, -0.1) is 0 Å². The largest absolute Gasteiger partial charge is 0.479 e. The highest BCUT2D eigenvalue weighted by Crippen LogP contribution is 2.28. The summed E-state index contributed by atoms with van der Waals surface area (Å²) in [4.78, 5) is 26.2. The number of hydrogen-bond acceptors (Lipinski definition) is 4. The van der Waals surface area contributed by atoms with Crippen molar-refractivity contribution in [1.29, 1.82) is 0 Å². The minimum Gasteiger partial charge on any atom is -0.479 e. The Labute approximate surface area is 88.7 Å². The molecule has 0 aromatic rings. The molecule has 0 atom stereocenters. The minimum absolute atomic E-state index is 0.448. The molecule has 0 heterocycles. The monoisotopic (exact) mass is 218 g/mol. The molecule has 0 fully saturated rings. The van der Waals surface area contributed by atoms with Crippen molar-refractivity contribution in [3.63, 3.8) is 0 Å². The molecule has 0 saturated carbocycles. The summed E-state index contributed by atoms with van der Waals surface area (Å²) in [5, 5.41) is 8.29. The van der Waals surface area contributed by atoms with Gasteiger partial charge >= 0.3 is 5.97 Å². The first-order chi connectivity index (χ1) is 6.59. The Morgan fingerprint density at radius 3 is 2.13 bits per heavy atom. The van der Waals surface area contributed by atoms with Crippen LogP contribution in [0.2, 0.25) is 0 Å². The zero-order valence-electron chi connectivity index (χ0n) is 9.46. The van der Waals surface area contributed by atoms with Gasteiger partial charge in [-0.3, -0.25) is 9.63 Å². The quantitative estimate of drug-likeness (QED) is 0.558. The maximum Gasteiger partial charge on any atom is 0.332 e. The second kappa shape index (κ2) is 4.59. The van der Waals surface area contributed by atoms with Crippen molar-refractivity contribution < 1.29 is 19.5 Å². The van der Waals surface area contributed by atoms with Crippen molar-refractivity contribution in [2.45, 2.75) is 33.2 Å². The van der Waals surface area contributed by atoms with Crippen LogP contribution >= 0.6 is 0 Å². The van der Waals surface area contributed by atoms with Gasteiger partial charge in [0.2, 0.25) is 0 Å². The Balaban J connectivity index is 4.27. The molecule has 0 aromatic carbocycles. The van der Waals surface area contributed by atoms with Crippen LogP contribution in [0.1, 0.15) is 27.7 Å². The van der Waals surface area contributed by atoms with Gasteiger partial charge in [0, 0.05) is 5.54 Å². The molecule has 0 radical (unpaired) electrons. The number of hydrogen-bond donors (Lipinski definition) is 3. The highest BCUT2D eigenvalue weighted by atomic mass is 16.7. The van der Waals surface area contributed by atoms with Gasteiger partial charge in [0.15, 0.2) is 6.61 Å². The third-order valence-corrected chi connectivity index (χ3v) is 2.54. The van der Waals surface area contributed by atoms with Gasteiger partial charge < -0.3 is 10.8 Å². The lowest BCUT2D eigenvalue weighted by Gasteiger charge is -2.36. The lowest BCUT2D eigenvalue weighted by Crippen LogP contribution is -2.55. The molecule has 0 aliphatic carbocycles. The second-order valence-corrected chi connectivity index (χ2v) is 4.46. The second-order valence-electron chi connectivity index (χ2n) is 4.46. The summed E-state index contributed by atoms with van der Waals surface area (Å²) >= 11 is 0. The maximum atomic E-state index is 11.6. The molecule has 0 rings (SSSR count). The van der Waals surface area contributed by atoms with Gasteiger partial charge in [0.1, 0.15) is 0 Å². The summed E-state index contributed by atoms with van der Waals surface area (Å²) in [6.07, 6.45) is 0. The first-order valence-corrected chi connectivity index (χ1v) is 4.52. The van der Waals surface area contributed by atoms with Gasteiger partial charge in [0.05, 0.1) is 5.41 Å². The molecule has 0 spiro atoms. The average Bonchev–Trinajstić information content (AvgIpc) is 2.01. The number of carboxylic acids is 1. The molecule has 0 saturated heterocycles. The Bertz CT molecular complexity index is 255. The lowest BCUT2D eigenvalue weighted by atomic mass is 9.75. The van der Waals surface area contributed by atoms with Gasteiger partial charge in [-0.05, 0) is 27.7 Å². The van der Waals surface area contributed by atoms with E-state index in [2.05, 4.69) is 10.3 Å². The van der Waals surface area contributed by atoms with E-state index in [0.29, 0.717) is 0 Å². The van der Waals surface area contributed by atoms with E-state index in [-0.39, 0.29) is 0 Å². The van der Waals surface area contributed by atoms with E-state index in [1.165, 1.54) is 0 Å². The zero-order chi connectivity index (χ0) is 12.3. The molecule has 15 heavy (non-hydrogen) atoms. The fourth-order valence-corrected chi connectivity index (χ4v) is 0.584. The highest BCUT2D eigenvalue weighted by Gasteiger charge is 2.40. The number of rotatable bonds is 5. The molecule has 0 aliphatic heterocycles. The molecule has 4 N–H and O–H groups in total. The van der Waals surface area contributed by atoms with E-state index < -0.39 is 29.4 Å². The standard InChI is InChI=1S/C9H18N2O4/c1-8(2,9(3,4)10)7(14)11-15-5-6(12)13/h5,10H2,1-4H3,(H,11,14)(H,12,13). The first-order valence-electron chi connectivity index (χ1n) is 4.52. The Morgan fingerprint density at radius 2 is 1.80 bits per heavy atom.